The van der Waals surface area contributed by atoms with Crippen molar-refractivity contribution in [1.29, 1.82) is 0 Å². The minimum atomic E-state index is -0.280. The molecule has 1 rings (SSSR count). The van der Waals surface area contributed by atoms with Crippen LogP contribution in [0.1, 0.15) is 40.0 Å². The van der Waals surface area contributed by atoms with E-state index in [0.29, 0.717) is 0 Å². The number of hydrogen-bond donors (Lipinski definition) is 0. The van der Waals surface area contributed by atoms with Gasteiger partial charge in [-0.05, 0) is 44.3 Å². The number of esters is 1. The number of carbonyl (C=O) groups is 1. The average molecular weight is 214 g/mol. The molecule has 14 heavy (non-hydrogen) atoms. The van der Waals surface area contributed by atoms with Crippen molar-refractivity contribution in [3.05, 3.63) is 10.5 Å². The lowest BCUT2D eigenvalue weighted by molar-refractivity contribution is -0.156. The molecule has 0 atom stereocenters. The summed E-state index contributed by atoms with van der Waals surface area (Å²) >= 11 is 1.66. The number of cyclic esters (lactones) is 1. The van der Waals surface area contributed by atoms with Crippen LogP contribution >= 0.6 is 11.8 Å². The molecule has 0 aromatic carbocycles. The van der Waals surface area contributed by atoms with Crippen molar-refractivity contribution in [2.45, 2.75) is 45.6 Å². The van der Waals surface area contributed by atoms with Crippen LogP contribution in [-0.4, -0.2) is 17.8 Å². The van der Waals surface area contributed by atoms with Gasteiger partial charge in [0.15, 0.2) is 0 Å². The van der Waals surface area contributed by atoms with Gasteiger partial charge in [-0.2, -0.15) is 0 Å². The van der Waals surface area contributed by atoms with Crippen molar-refractivity contribution in [3.8, 4) is 0 Å². The Kier molecular flexibility index (Phi) is 3.65. The van der Waals surface area contributed by atoms with Crippen molar-refractivity contribution >= 4 is 17.7 Å². The van der Waals surface area contributed by atoms with Gasteiger partial charge in [-0.3, -0.25) is 0 Å². The highest BCUT2D eigenvalue weighted by molar-refractivity contribution is 8.02. The summed E-state index contributed by atoms with van der Waals surface area (Å²) in [6, 6.07) is 0. The molecular weight excluding hydrogens is 196 g/mol. The van der Waals surface area contributed by atoms with Gasteiger partial charge in [0.1, 0.15) is 5.60 Å². The van der Waals surface area contributed by atoms with Gasteiger partial charge in [0.05, 0.1) is 0 Å². The Morgan fingerprint density at radius 3 is 2.64 bits per heavy atom. The Morgan fingerprint density at radius 2 is 2.21 bits per heavy atom. The lowest BCUT2D eigenvalue weighted by Crippen LogP contribution is -2.34. The van der Waals surface area contributed by atoms with Crippen molar-refractivity contribution in [3.63, 3.8) is 0 Å². The summed E-state index contributed by atoms with van der Waals surface area (Å²) < 4.78 is 5.36. The molecule has 1 aliphatic heterocycles. The maximum atomic E-state index is 11.7. The zero-order valence-electron chi connectivity index (χ0n) is 9.35. The monoisotopic (exact) mass is 214 g/mol. The fourth-order valence-electron chi connectivity index (χ4n) is 1.63. The minimum absolute atomic E-state index is 0.118. The first-order valence-corrected chi connectivity index (χ1v) is 6.22. The number of rotatable bonds is 2. The molecule has 2 nitrogen and oxygen atoms in total. The first-order chi connectivity index (χ1) is 6.50. The molecule has 0 aromatic heterocycles. The standard InChI is InChI=1S/C11H18O2S/c1-5-9(14-4)8-6-7-11(2,3)13-10(8)12/h5-7H2,1-4H3. The number of carbonyl (C=O) groups excluding carboxylic acids is 1. The van der Waals surface area contributed by atoms with Crippen LogP contribution in [0.25, 0.3) is 0 Å². The highest BCUT2D eigenvalue weighted by Gasteiger charge is 2.32. The fourth-order valence-corrected chi connectivity index (χ4v) is 2.35. The third-order valence-corrected chi connectivity index (χ3v) is 3.52. The van der Waals surface area contributed by atoms with Gasteiger partial charge >= 0.3 is 5.97 Å². The third-order valence-electron chi connectivity index (χ3n) is 2.50. The Labute approximate surface area is 90.1 Å². The molecular formula is C11H18O2S. The third kappa shape index (κ3) is 2.53. The Bertz CT molecular complexity index is 260. The zero-order valence-corrected chi connectivity index (χ0v) is 10.2. The van der Waals surface area contributed by atoms with Gasteiger partial charge in [0.25, 0.3) is 0 Å². The van der Waals surface area contributed by atoms with E-state index < -0.39 is 0 Å². The van der Waals surface area contributed by atoms with Crippen LogP contribution in [0.5, 0.6) is 0 Å². The van der Waals surface area contributed by atoms with E-state index >= 15 is 0 Å². The maximum Gasteiger partial charge on any atom is 0.335 e. The molecule has 3 heteroatoms. The summed E-state index contributed by atoms with van der Waals surface area (Å²) in [5, 5.41) is 0. The lowest BCUT2D eigenvalue weighted by atomic mass is 9.94. The second kappa shape index (κ2) is 4.39. The predicted molar refractivity (Wildman–Crippen MR) is 60.2 cm³/mol. The maximum absolute atomic E-state index is 11.7. The Morgan fingerprint density at radius 1 is 1.57 bits per heavy atom. The van der Waals surface area contributed by atoms with E-state index in [4.69, 9.17) is 4.74 Å². The second-order valence-electron chi connectivity index (χ2n) is 4.11. The van der Waals surface area contributed by atoms with Gasteiger partial charge in [-0.25, -0.2) is 4.79 Å². The van der Waals surface area contributed by atoms with Crippen LogP contribution in [0.3, 0.4) is 0 Å². The van der Waals surface area contributed by atoms with Crippen molar-refractivity contribution in [1.82, 2.24) is 0 Å². The number of ether oxygens (including phenoxy) is 1. The summed E-state index contributed by atoms with van der Waals surface area (Å²) in [4.78, 5) is 12.8. The predicted octanol–water partition coefficient (Wildman–Crippen LogP) is 3.13. The number of allylic oxidation sites excluding steroid dienone is 1. The molecule has 0 amide bonds. The Balaban J connectivity index is 2.85. The van der Waals surface area contributed by atoms with Gasteiger partial charge in [-0.1, -0.05) is 6.92 Å². The first-order valence-electron chi connectivity index (χ1n) is 4.99. The molecule has 80 valence electrons. The molecule has 0 saturated carbocycles. The largest absolute Gasteiger partial charge is 0.456 e. The normalized spacial score (nSPS) is 24.4. The van der Waals surface area contributed by atoms with E-state index in [1.807, 2.05) is 20.1 Å². The van der Waals surface area contributed by atoms with E-state index in [-0.39, 0.29) is 11.6 Å². The van der Waals surface area contributed by atoms with Crippen molar-refractivity contribution < 1.29 is 9.53 Å². The summed E-state index contributed by atoms with van der Waals surface area (Å²) in [7, 11) is 0. The molecule has 1 saturated heterocycles. The molecule has 0 unspecified atom stereocenters. The fraction of sp³-hybridized carbons (Fsp3) is 0.727. The number of thioether (sulfide) groups is 1. The van der Waals surface area contributed by atoms with E-state index in [0.717, 1.165) is 24.8 Å². The number of hydrogen-bond acceptors (Lipinski definition) is 3. The van der Waals surface area contributed by atoms with E-state index in [9.17, 15) is 4.79 Å². The van der Waals surface area contributed by atoms with Crippen LogP contribution < -0.4 is 0 Å². The minimum Gasteiger partial charge on any atom is -0.456 e. The Hall–Kier alpha value is -0.440. The topological polar surface area (TPSA) is 26.3 Å². The summed E-state index contributed by atoms with van der Waals surface area (Å²) in [6.45, 7) is 6.00. The summed E-state index contributed by atoms with van der Waals surface area (Å²) in [6.07, 6.45) is 4.72. The molecule has 0 N–H and O–H groups in total. The van der Waals surface area contributed by atoms with Gasteiger partial charge in [-0.15, -0.1) is 11.8 Å². The van der Waals surface area contributed by atoms with Gasteiger partial charge in [0, 0.05) is 5.57 Å². The van der Waals surface area contributed by atoms with E-state index in [2.05, 4.69) is 6.92 Å². The van der Waals surface area contributed by atoms with E-state index in [1.165, 1.54) is 4.91 Å². The molecule has 0 aliphatic carbocycles. The quantitative estimate of drug-likeness (QED) is 0.522. The van der Waals surface area contributed by atoms with E-state index in [1.54, 1.807) is 11.8 Å². The second-order valence-corrected chi connectivity index (χ2v) is 5.01. The lowest BCUT2D eigenvalue weighted by Gasteiger charge is -2.31. The SMILES string of the molecule is CCC(SC)=C1CCC(C)(C)OC1=O. The van der Waals surface area contributed by atoms with Crippen LogP contribution in [0.2, 0.25) is 0 Å². The van der Waals surface area contributed by atoms with Crippen molar-refractivity contribution in [2.24, 2.45) is 0 Å². The average Bonchev–Trinajstić information content (AvgIpc) is 2.09. The molecule has 1 heterocycles. The highest BCUT2D eigenvalue weighted by Crippen LogP contribution is 2.33. The summed E-state index contributed by atoms with van der Waals surface area (Å²) in [5.41, 5.74) is 0.608. The molecule has 0 bridgehead atoms. The van der Waals surface area contributed by atoms with Crippen molar-refractivity contribution in [2.75, 3.05) is 6.26 Å². The van der Waals surface area contributed by atoms with Crippen LogP contribution in [0.4, 0.5) is 0 Å². The van der Waals surface area contributed by atoms with Gasteiger partial charge in [0.2, 0.25) is 0 Å². The highest BCUT2D eigenvalue weighted by atomic mass is 32.2. The van der Waals surface area contributed by atoms with Crippen LogP contribution in [-0.2, 0) is 9.53 Å². The molecule has 0 radical (unpaired) electrons. The van der Waals surface area contributed by atoms with Gasteiger partial charge < -0.3 is 4.74 Å². The summed E-state index contributed by atoms with van der Waals surface area (Å²) in [5.74, 6) is -0.118. The first kappa shape index (κ1) is 11.6. The molecule has 1 aliphatic rings. The molecule has 0 spiro atoms. The smallest absolute Gasteiger partial charge is 0.335 e. The molecule has 1 fully saturated rings. The van der Waals surface area contributed by atoms with Crippen LogP contribution in [0.15, 0.2) is 10.5 Å². The van der Waals surface area contributed by atoms with Crippen LogP contribution in [0, 0.1) is 0 Å². The zero-order chi connectivity index (χ0) is 10.8. The molecule has 0 aromatic rings.